The minimum Gasteiger partial charge on any atom is -0.481 e. The van der Waals surface area contributed by atoms with E-state index in [9.17, 15) is 19.8 Å². The van der Waals surface area contributed by atoms with Crippen LogP contribution in [0.1, 0.15) is 52.7 Å². The van der Waals surface area contributed by atoms with Crippen LogP contribution in [0, 0.1) is 22.7 Å². The second-order valence-corrected chi connectivity index (χ2v) is 22.1. The predicted octanol–water partition coefficient (Wildman–Crippen LogP) is 17.9. The molecule has 4 heteroatoms. The first kappa shape index (κ1) is 45.1. The molecule has 0 saturated heterocycles. The van der Waals surface area contributed by atoms with Crippen LogP contribution in [0.5, 0.6) is 0 Å². The molecule has 0 aliphatic rings. The first-order chi connectivity index (χ1) is 34.7. The molecule has 0 aliphatic heterocycles. The van der Waals surface area contributed by atoms with Crippen LogP contribution in [-0.4, -0.2) is 22.2 Å². The molecule has 0 aromatic heterocycles. The first-order valence-electron chi connectivity index (χ1n) is 25.2. The quantitative estimate of drug-likeness (QED) is 0.143. The van der Waals surface area contributed by atoms with Crippen LogP contribution in [-0.2, 0) is 22.4 Å². The highest BCUT2D eigenvalue weighted by Gasteiger charge is 2.36. The monoisotopic (exact) mass is 936 g/mol. The smallest absolute Gasteiger partial charge is 0.307 e. The van der Waals surface area contributed by atoms with E-state index < -0.39 is 34.6 Å². The Morgan fingerprint density at radius 1 is 0.319 bits per heavy atom. The van der Waals surface area contributed by atoms with Crippen LogP contribution < -0.4 is 0 Å². The molecule has 0 heterocycles. The van der Waals surface area contributed by atoms with Gasteiger partial charge >= 0.3 is 11.9 Å². The molecule has 0 radical (unpaired) electrons. The van der Waals surface area contributed by atoms with Crippen molar-refractivity contribution in [2.24, 2.45) is 22.7 Å². The number of hydrogen-bond donors (Lipinski definition) is 2. The number of fused-ring (bicyclic) bond motifs is 7. The Balaban J connectivity index is 1.38. The van der Waals surface area contributed by atoms with Crippen molar-refractivity contribution in [2.45, 2.75) is 54.4 Å². The minimum absolute atomic E-state index is 0.414. The summed E-state index contributed by atoms with van der Waals surface area (Å²) in [6, 6.07) is 65.8. The summed E-state index contributed by atoms with van der Waals surface area (Å²) >= 11 is 0. The van der Waals surface area contributed by atoms with Gasteiger partial charge in [0.15, 0.2) is 0 Å². The summed E-state index contributed by atoms with van der Waals surface area (Å²) in [4.78, 5) is 25.9. The fraction of sp³-hybridized carbons (Fsp3) is 0.176. The molecule has 352 valence electrons. The topological polar surface area (TPSA) is 74.6 Å². The molecule has 0 amide bonds. The Kier molecular flexibility index (Phi) is 10.5. The summed E-state index contributed by atoms with van der Waals surface area (Å²) < 4.78 is 0. The highest BCUT2D eigenvalue weighted by atomic mass is 16.4. The van der Waals surface area contributed by atoms with E-state index in [1.807, 2.05) is 41.5 Å². The van der Waals surface area contributed by atoms with Crippen LogP contribution in [0.2, 0.25) is 0 Å². The predicted molar refractivity (Wildman–Crippen MR) is 302 cm³/mol. The number of rotatable bonds is 10. The molecule has 4 nitrogen and oxygen atoms in total. The van der Waals surface area contributed by atoms with Crippen LogP contribution in [0.3, 0.4) is 0 Å². The molecule has 12 rings (SSSR count). The maximum atomic E-state index is 13.0. The van der Waals surface area contributed by atoms with Crippen molar-refractivity contribution in [1.82, 2.24) is 0 Å². The largest absolute Gasteiger partial charge is 0.481 e. The minimum atomic E-state index is -0.782. The van der Waals surface area contributed by atoms with Gasteiger partial charge in [-0.1, -0.05) is 224 Å². The van der Waals surface area contributed by atoms with Crippen molar-refractivity contribution in [3.63, 3.8) is 0 Å². The van der Waals surface area contributed by atoms with Crippen LogP contribution in [0.25, 0.3) is 120 Å². The molecule has 0 bridgehead atoms. The van der Waals surface area contributed by atoms with Gasteiger partial charge in [-0.15, -0.1) is 0 Å². The third-order valence-corrected chi connectivity index (χ3v) is 15.9. The number of benzene rings is 10. The SMILES string of the molecule is CC(C)(C)C(Cc1ccc2c3c(-c4ccccc4)c4c(-c5ccccc5)c5c6cccc7c(CC(C(=O)O)C(C)(C)C)ccc(c5c(-c5ccccc5)c4c(-c4ccccc4)c3c3cccc1c32)c76)C(=O)O. The lowest BCUT2D eigenvalue weighted by Crippen LogP contribution is -2.30. The van der Waals surface area contributed by atoms with Gasteiger partial charge in [-0.3, -0.25) is 9.59 Å². The normalized spacial score (nSPS) is 13.4. The summed E-state index contributed by atoms with van der Waals surface area (Å²) in [5.41, 5.74) is 10.2. The number of hydrogen-bond acceptors (Lipinski definition) is 2. The molecule has 0 aliphatic carbocycles. The van der Waals surface area contributed by atoms with Crippen molar-refractivity contribution in [3.8, 4) is 44.5 Å². The zero-order valence-electron chi connectivity index (χ0n) is 41.6. The van der Waals surface area contributed by atoms with Gasteiger partial charge in [0.2, 0.25) is 0 Å². The van der Waals surface area contributed by atoms with Crippen LogP contribution >= 0.6 is 0 Å². The van der Waals surface area contributed by atoms with E-state index >= 15 is 0 Å². The fourth-order valence-corrected chi connectivity index (χ4v) is 12.5. The van der Waals surface area contributed by atoms with Gasteiger partial charge in [-0.05, 0) is 155 Å². The molecule has 12 aromatic carbocycles. The third kappa shape index (κ3) is 6.94. The molecule has 2 N–H and O–H groups in total. The highest BCUT2D eigenvalue weighted by molar-refractivity contribution is 6.47. The van der Waals surface area contributed by atoms with Crippen molar-refractivity contribution < 1.29 is 19.8 Å². The van der Waals surface area contributed by atoms with Gasteiger partial charge in [-0.2, -0.15) is 0 Å². The lowest BCUT2D eigenvalue weighted by Gasteiger charge is -2.27. The van der Waals surface area contributed by atoms with Crippen molar-refractivity contribution in [3.05, 3.63) is 193 Å². The van der Waals surface area contributed by atoms with Gasteiger partial charge in [0.1, 0.15) is 0 Å². The molecule has 2 unspecified atom stereocenters. The lowest BCUT2D eigenvalue weighted by atomic mass is 9.76. The fourth-order valence-electron chi connectivity index (χ4n) is 12.5. The summed E-state index contributed by atoms with van der Waals surface area (Å²) in [6.07, 6.45) is 0.828. The maximum Gasteiger partial charge on any atom is 0.307 e. The molecule has 0 fully saturated rings. The summed E-state index contributed by atoms with van der Waals surface area (Å²) in [5.74, 6) is -2.72. The van der Waals surface area contributed by atoms with Gasteiger partial charge in [0.25, 0.3) is 0 Å². The number of carboxylic acids is 2. The summed E-state index contributed by atoms with van der Waals surface area (Å²) in [5, 5.41) is 37.3. The third-order valence-electron chi connectivity index (χ3n) is 15.9. The molecule has 12 aromatic rings. The van der Waals surface area contributed by atoms with Gasteiger partial charge in [-0.25, -0.2) is 0 Å². The standard InChI is InChI=1S/C68H56O4/c1-67(2,3)51(65(69)70)37-43-33-35-49-57-45(43)29-19-31-47(57)59-53(39-21-11-7-12-22-39)63-56(42-27-17-10-18-28-42)62-50-36-34-44(38-52(66(71)72)68(4,5)6)46-30-20-32-48(58(46)50)60(62)54(40-23-13-8-14-24-40)64(63)55(61(49)59)41-25-15-9-16-26-41/h7-36,51-52H,37-38H2,1-6H3,(H,69,70)(H,71,72). The number of aliphatic carboxylic acids is 2. The van der Waals surface area contributed by atoms with Gasteiger partial charge in [0, 0.05) is 0 Å². The first-order valence-corrected chi connectivity index (χ1v) is 25.2. The van der Waals surface area contributed by atoms with Crippen LogP contribution in [0.15, 0.2) is 182 Å². The second kappa shape index (κ2) is 16.8. The Bertz CT molecular complexity index is 3660. The lowest BCUT2D eigenvalue weighted by molar-refractivity contribution is -0.146. The molecule has 0 saturated carbocycles. The van der Waals surface area contributed by atoms with E-state index in [1.165, 1.54) is 21.5 Å². The molecular weight excluding hydrogens is 881 g/mol. The van der Waals surface area contributed by atoms with E-state index in [1.54, 1.807) is 0 Å². The van der Waals surface area contributed by atoms with E-state index in [-0.39, 0.29) is 0 Å². The molecular formula is C68H56O4. The number of carboxylic acid groups (broad SMARTS) is 2. The van der Waals surface area contributed by atoms with E-state index in [2.05, 4.69) is 182 Å². The van der Waals surface area contributed by atoms with E-state index in [0.717, 1.165) is 109 Å². The van der Waals surface area contributed by atoms with Gasteiger partial charge < -0.3 is 10.2 Å². The highest BCUT2D eigenvalue weighted by Crippen LogP contribution is 2.60. The average Bonchev–Trinajstić information content (AvgIpc) is 3.88. The van der Waals surface area contributed by atoms with Crippen molar-refractivity contribution in [2.75, 3.05) is 0 Å². The van der Waals surface area contributed by atoms with Crippen molar-refractivity contribution in [1.29, 1.82) is 0 Å². The van der Waals surface area contributed by atoms with E-state index in [4.69, 9.17) is 0 Å². The summed E-state index contributed by atoms with van der Waals surface area (Å²) in [7, 11) is 0. The van der Waals surface area contributed by atoms with Crippen LogP contribution in [0.4, 0.5) is 0 Å². The Labute approximate surface area is 419 Å². The second-order valence-electron chi connectivity index (χ2n) is 22.1. The zero-order valence-corrected chi connectivity index (χ0v) is 41.6. The molecule has 72 heavy (non-hydrogen) atoms. The Morgan fingerprint density at radius 3 is 0.847 bits per heavy atom. The Morgan fingerprint density at radius 2 is 0.583 bits per heavy atom. The van der Waals surface area contributed by atoms with Gasteiger partial charge in [0.05, 0.1) is 11.8 Å². The summed E-state index contributed by atoms with van der Waals surface area (Å²) in [6.45, 7) is 12.1. The zero-order chi connectivity index (χ0) is 49.8. The molecule has 2 atom stereocenters. The Hall–Kier alpha value is -8.08. The van der Waals surface area contributed by atoms with Crippen molar-refractivity contribution >= 4 is 87.3 Å². The average molecular weight is 937 g/mol. The molecule has 0 spiro atoms. The number of carbonyl (C=O) groups is 2. The maximum absolute atomic E-state index is 13.0. The van der Waals surface area contributed by atoms with E-state index in [0.29, 0.717) is 12.8 Å².